The maximum atomic E-state index is 5.46. The van der Waals surface area contributed by atoms with Crippen LogP contribution >= 0.6 is 0 Å². The molecule has 0 saturated carbocycles. The Labute approximate surface area is 154 Å². The van der Waals surface area contributed by atoms with Crippen molar-refractivity contribution in [1.29, 1.82) is 0 Å². The molecule has 4 rings (SSSR count). The molecule has 0 saturated heterocycles. The minimum Gasteiger partial charge on any atom is -0.468 e. The lowest BCUT2D eigenvalue weighted by Gasteiger charge is -2.30. The van der Waals surface area contributed by atoms with E-state index in [0.29, 0.717) is 0 Å². The van der Waals surface area contributed by atoms with Crippen molar-refractivity contribution in [3.8, 4) is 0 Å². The first-order chi connectivity index (χ1) is 12.8. The van der Waals surface area contributed by atoms with Crippen molar-refractivity contribution in [1.82, 2.24) is 19.8 Å². The summed E-state index contributed by atoms with van der Waals surface area (Å²) in [6.45, 7) is 4.70. The number of hydrogen-bond acceptors (Lipinski definition) is 5. The summed E-state index contributed by atoms with van der Waals surface area (Å²) in [6, 6.07) is 8.14. The fourth-order valence-corrected chi connectivity index (χ4v) is 3.66. The second-order valence-electron chi connectivity index (χ2n) is 7.00. The Morgan fingerprint density at radius 1 is 1.12 bits per heavy atom. The van der Waals surface area contributed by atoms with Crippen molar-refractivity contribution < 1.29 is 4.42 Å². The van der Waals surface area contributed by atoms with Gasteiger partial charge in [-0.1, -0.05) is 0 Å². The summed E-state index contributed by atoms with van der Waals surface area (Å²) >= 11 is 0. The van der Waals surface area contributed by atoms with E-state index in [4.69, 9.17) is 4.42 Å². The average molecular weight is 348 g/mol. The van der Waals surface area contributed by atoms with Gasteiger partial charge in [0.15, 0.2) is 0 Å². The zero-order valence-corrected chi connectivity index (χ0v) is 15.1. The van der Waals surface area contributed by atoms with Gasteiger partial charge in [0.25, 0.3) is 0 Å². The Morgan fingerprint density at radius 2 is 2.00 bits per heavy atom. The summed E-state index contributed by atoms with van der Waals surface area (Å²) in [7, 11) is 2.13. The van der Waals surface area contributed by atoms with Crippen LogP contribution in [0.4, 0.5) is 0 Å². The molecule has 0 fully saturated rings. The highest BCUT2D eigenvalue weighted by Crippen LogP contribution is 2.24. The zero-order valence-electron chi connectivity index (χ0n) is 15.1. The van der Waals surface area contributed by atoms with E-state index in [1.54, 1.807) is 6.26 Å². The van der Waals surface area contributed by atoms with Crippen LogP contribution in [-0.4, -0.2) is 33.4 Å². The highest BCUT2D eigenvalue weighted by atomic mass is 16.3. The monoisotopic (exact) mass is 348 g/mol. The molecule has 0 aromatic carbocycles. The molecule has 134 valence electrons. The zero-order chi connectivity index (χ0) is 17.8. The second kappa shape index (κ2) is 7.81. The van der Waals surface area contributed by atoms with Crippen LogP contribution in [0.5, 0.6) is 0 Å². The fraction of sp³-hybridized carbons (Fsp3) is 0.333. The maximum absolute atomic E-state index is 5.46. The lowest BCUT2D eigenvalue weighted by Crippen LogP contribution is -2.31. The molecule has 5 nitrogen and oxygen atoms in total. The van der Waals surface area contributed by atoms with E-state index in [1.165, 1.54) is 22.3 Å². The van der Waals surface area contributed by atoms with Gasteiger partial charge >= 0.3 is 0 Å². The Balaban J connectivity index is 1.43. The number of pyridine rings is 2. The Hall–Kier alpha value is -2.50. The van der Waals surface area contributed by atoms with Crippen molar-refractivity contribution in [3.05, 3.63) is 83.3 Å². The van der Waals surface area contributed by atoms with Crippen LogP contribution in [0.3, 0.4) is 0 Å². The molecule has 26 heavy (non-hydrogen) atoms. The van der Waals surface area contributed by atoms with Gasteiger partial charge in [-0.25, -0.2) is 0 Å². The third kappa shape index (κ3) is 4.00. The lowest BCUT2D eigenvalue weighted by atomic mass is 9.96. The van der Waals surface area contributed by atoms with Crippen LogP contribution in [0.15, 0.2) is 59.7 Å². The predicted molar refractivity (Wildman–Crippen MR) is 100 cm³/mol. The van der Waals surface area contributed by atoms with Gasteiger partial charge in [-0.05, 0) is 60.0 Å². The maximum Gasteiger partial charge on any atom is 0.117 e. The van der Waals surface area contributed by atoms with Gasteiger partial charge < -0.3 is 4.42 Å². The Bertz CT molecular complexity index is 832. The average Bonchev–Trinajstić information content (AvgIpc) is 3.15. The Kier molecular flexibility index (Phi) is 5.09. The molecule has 1 aliphatic heterocycles. The molecule has 0 amide bonds. The molecule has 4 heterocycles. The summed E-state index contributed by atoms with van der Waals surface area (Å²) in [5.74, 6) is 0.994. The van der Waals surface area contributed by atoms with Crippen LogP contribution in [0.1, 0.15) is 28.0 Å². The van der Waals surface area contributed by atoms with Gasteiger partial charge in [0.2, 0.25) is 0 Å². The van der Waals surface area contributed by atoms with Gasteiger partial charge in [0.1, 0.15) is 5.76 Å². The van der Waals surface area contributed by atoms with Gasteiger partial charge in [0, 0.05) is 51.0 Å². The largest absolute Gasteiger partial charge is 0.468 e. The molecular formula is C21H24N4O. The summed E-state index contributed by atoms with van der Waals surface area (Å²) in [5.41, 5.74) is 5.47. The summed E-state index contributed by atoms with van der Waals surface area (Å²) in [5, 5.41) is 0. The predicted octanol–water partition coefficient (Wildman–Crippen LogP) is 3.26. The molecule has 0 atom stereocenters. The molecule has 3 aromatic heterocycles. The summed E-state index contributed by atoms with van der Waals surface area (Å²) < 4.78 is 5.46. The molecule has 5 heteroatoms. The first-order valence-corrected chi connectivity index (χ1v) is 9.05. The molecule has 0 radical (unpaired) electrons. The molecule has 0 N–H and O–H groups in total. The molecule has 3 aromatic rings. The number of rotatable bonds is 6. The van der Waals surface area contributed by atoms with Gasteiger partial charge in [-0.15, -0.1) is 0 Å². The summed E-state index contributed by atoms with van der Waals surface area (Å²) in [4.78, 5) is 13.4. The highest BCUT2D eigenvalue weighted by molar-refractivity contribution is 5.34. The third-order valence-corrected chi connectivity index (χ3v) is 4.91. The van der Waals surface area contributed by atoms with Crippen LogP contribution in [0, 0.1) is 0 Å². The smallest absolute Gasteiger partial charge is 0.117 e. The number of nitrogens with zero attached hydrogens (tertiary/aromatic N) is 4. The minimum absolute atomic E-state index is 0.810. The van der Waals surface area contributed by atoms with Gasteiger partial charge in [-0.3, -0.25) is 19.8 Å². The highest BCUT2D eigenvalue weighted by Gasteiger charge is 2.20. The van der Waals surface area contributed by atoms with Crippen LogP contribution in [0.25, 0.3) is 0 Å². The number of aromatic nitrogens is 2. The molecule has 1 aliphatic rings. The number of hydrogen-bond donors (Lipinski definition) is 0. The van der Waals surface area contributed by atoms with E-state index in [9.17, 15) is 0 Å². The molecule has 0 aliphatic carbocycles. The summed E-state index contributed by atoms with van der Waals surface area (Å²) in [6.07, 6.45) is 10.6. The first kappa shape index (κ1) is 16.9. The van der Waals surface area contributed by atoms with Crippen molar-refractivity contribution >= 4 is 0 Å². The minimum atomic E-state index is 0.810. The Morgan fingerprint density at radius 3 is 2.81 bits per heavy atom. The van der Waals surface area contributed by atoms with Crippen molar-refractivity contribution in [2.75, 3.05) is 13.6 Å². The second-order valence-corrected chi connectivity index (χ2v) is 7.00. The molecular weight excluding hydrogens is 324 g/mol. The van der Waals surface area contributed by atoms with E-state index in [1.807, 2.05) is 36.9 Å². The van der Waals surface area contributed by atoms with Crippen molar-refractivity contribution in [3.63, 3.8) is 0 Å². The van der Waals surface area contributed by atoms with E-state index in [-0.39, 0.29) is 0 Å². The van der Waals surface area contributed by atoms with Gasteiger partial charge in [0.05, 0.1) is 12.8 Å². The molecule has 0 bridgehead atoms. The van der Waals surface area contributed by atoms with Crippen LogP contribution < -0.4 is 0 Å². The fourth-order valence-electron chi connectivity index (χ4n) is 3.66. The van der Waals surface area contributed by atoms with Gasteiger partial charge in [-0.2, -0.15) is 0 Å². The SMILES string of the molecule is CN(Cc1ccco1)Cc1cncc2c1CCN(Cc1ccncc1)C2. The van der Waals surface area contributed by atoms with E-state index >= 15 is 0 Å². The van der Waals surface area contributed by atoms with E-state index in [0.717, 1.165) is 44.9 Å². The number of furan rings is 1. The number of fused-ring (bicyclic) bond motifs is 1. The quantitative estimate of drug-likeness (QED) is 0.684. The van der Waals surface area contributed by atoms with E-state index < -0.39 is 0 Å². The molecule has 0 unspecified atom stereocenters. The standard InChI is InChI=1S/C21H24N4O/c1-24(16-20-3-2-10-26-20)14-18-11-23-12-19-15-25(9-6-21(18)19)13-17-4-7-22-8-5-17/h2-5,7-8,10-12H,6,9,13-16H2,1H3. The van der Waals surface area contributed by atoms with E-state index in [2.05, 4.69) is 38.9 Å². The lowest BCUT2D eigenvalue weighted by molar-refractivity contribution is 0.242. The third-order valence-electron chi connectivity index (χ3n) is 4.91. The normalized spacial score (nSPS) is 14.5. The first-order valence-electron chi connectivity index (χ1n) is 9.05. The van der Waals surface area contributed by atoms with Crippen molar-refractivity contribution in [2.24, 2.45) is 0 Å². The van der Waals surface area contributed by atoms with Crippen LogP contribution in [-0.2, 0) is 32.6 Å². The van der Waals surface area contributed by atoms with Crippen molar-refractivity contribution in [2.45, 2.75) is 32.6 Å². The van der Waals surface area contributed by atoms with Crippen LogP contribution in [0.2, 0.25) is 0 Å². The molecule has 0 spiro atoms. The topological polar surface area (TPSA) is 45.4 Å².